The van der Waals surface area contributed by atoms with E-state index in [4.69, 9.17) is 9.97 Å². The van der Waals surface area contributed by atoms with Crippen molar-refractivity contribution in [2.75, 3.05) is 0 Å². The first-order valence-electron chi connectivity index (χ1n) is 9.94. The van der Waals surface area contributed by atoms with Crippen molar-refractivity contribution in [3.8, 4) is 11.3 Å². The Labute approximate surface area is 171 Å². The Morgan fingerprint density at radius 2 is 1.55 bits per heavy atom. The molecule has 29 heavy (non-hydrogen) atoms. The van der Waals surface area contributed by atoms with E-state index in [1.54, 1.807) is 0 Å². The molecule has 0 amide bonds. The molecule has 2 nitrogen and oxygen atoms in total. The average Bonchev–Trinajstić information content (AvgIpc) is 2.76. The van der Waals surface area contributed by atoms with Crippen molar-refractivity contribution in [3.63, 3.8) is 0 Å². The number of nitrogens with zero attached hydrogens (tertiary/aromatic N) is 2. The van der Waals surface area contributed by atoms with Gasteiger partial charge in [0.05, 0.1) is 22.8 Å². The van der Waals surface area contributed by atoms with Crippen LogP contribution in [0.25, 0.3) is 40.3 Å². The Kier molecular flexibility index (Phi) is 4.13. The summed E-state index contributed by atoms with van der Waals surface area (Å²) >= 11 is 0. The normalized spacial score (nSPS) is 14.6. The first-order chi connectivity index (χ1) is 14.1. The fraction of sp³-hybridized carbons (Fsp3) is 0.111. The molecule has 3 heterocycles. The van der Waals surface area contributed by atoms with Gasteiger partial charge in [0.25, 0.3) is 0 Å². The molecule has 140 valence electrons. The number of allylic oxidation sites excluding steroid dienone is 1. The molecule has 0 radical (unpaired) electrons. The molecule has 1 aliphatic heterocycles. The van der Waals surface area contributed by atoms with E-state index in [9.17, 15) is 0 Å². The van der Waals surface area contributed by atoms with Crippen LogP contribution in [0.15, 0.2) is 78.9 Å². The molecule has 0 saturated carbocycles. The lowest BCUT2D eigenvalue weighted by molar-refractivity contribution is 0.645. The lowest BCUT2D eigenvalue weighted by Crippen LogP contribution is -2.15. The first-order valence-corrected chi connectivity index (χ1v) is 9.94. The maximum atomic E-state index is 5.06. The summed E-state index contributed by atoms with van der Waals surface area (Å²) in [6.07, 6.45) is 8.58. The van der Waals surface area contributed by atoms with Crippen LogP contribution in [-0.4, -0.2) is 9.97 Å². The largest absolute Gasteiger partial charge is 0.253 e. The molecule has 4 bridgehead atoms. The topological polar surface area (TPSA) is 25.8 Å². The zero-order valence-electron chi connectivity index (χ0n) is 16.6. The van der Waals surface area contributed by atoms with Crippen molar-refractivity contribution >= 4 is 29.0 Å². The number of fused-ring (bicyclic) bond motifs is 8. The van der Waals surface area contributed by atoms with Gasteiger partial charge in [-0.05, 0) is 41.3 Å². The molecule has 0 unspecified atom stereocenters. The first kappa shape index (κ1) is 17.6. The summed E-state index contributed by atoms with van der Waals surface area (Å²) in [6.45, 7) is 4.39. The summed E-state index contributed by atoms with van der Waals surface area (Å²) in [7, 11) is 0. The molecule has 2 aromatic carbocycles. The lowest BCUT2D eigenvalue weighted by atomic mass is 9.87. The summed E-state index contributed by atoms with van der Waals surface area (Å²) < 4.78 is 0. The van der Waals surface area contributed by atoms with E-state index in [2.05, 4.69) is 111 Å². The van der Waals surface area contributed by atoms with Crippen molar-refractivity contribution in [2.45, 2.75) is 19.3 Å². The third kappa shape index (κ3) is 3.27. The van der Waals surface area contributed by atoms with Gasteiger partial charge in [0.1, 0.15) is 0 Å². The molecule has 5 rings (SSSR count). The van der Waals surface area contributed by atoms with Crippen LogP contribution in [0.1, 0.15) is 36.5 Å². The van der Waals surface area contributed by atoms with Gasteiger partial charge in [-0.2, -0.15) is 0 Å². The Morgan fingerprint density at radius 1 is 0.724 bits per heavy atom. The van der Waals surface area contributed by atoms with E-state index in [1.807, 2.05) is 0 Å². The van der Waals surface area contributed by atoms with Gasteiger partial charge in [-0.25, -0.2) is 4.98 Å². The molecule has 0 N–H and O–H groups in total. The summed E-state index contributed by atoms with van der Waals surface area (Å²) in [6, 6.07) is 25.3. The minimum absolute atomic E-state index is 0.205. The van der Waals surface area contributed by atoms with E-state index in [1.165, 1.54) is 5.39 Å². The van der Waals surface area contributed by atoms with E-state index in [0.717, 1.165) is 39.3 Å². The fourth-order valence-electron chi connectivity index (χ4n) is 3.82. The lowest BCUT2D eigenvalue weighted by Gasteiger charge is -2.20. The second-order valence-electron chi connectivity index (χ2n) is 8.04. The third-order valence-corrected chi connectivity index (χ3v) is 5.53. The molecule has 0 spiro atoms. The quantitative estimate of drug-likeness (QED) is 0.339. The second kappa shape index (κ2) is 6.82. The van der Waals surface area contributed by atoms with E-state index < -0.39 is 0 Å². The minimum atomic E-state index is -0.205. The highest BCUT2D eigenvalue weighted by molar-refractivity contribution is 5.93. The molecule has 0 saturated heterocycles. The van der Waals surface area contributed by atoms with Crippen LogP contribution in [-0.2, 0) is 5.41 Å². The third-order valence-electron chi connectivity index (χ3n) is 5.53. The molecular formula is C27H22N2. The smallest absolute Gasteiger partial charge is 0.0721 e. The molecule has 2 heteroatoms. The zero-order valence-corrected chi connectivity index (χ0v) is 16.6. The summed E-state index contributed by atoms with van der Waals surface area (Å²) in [5, 5.41) is 2.36. The van der Waals surface area contributed by atoms with Crippen LogP contribution < -0.4 is 0 Å². The number of hydrogen-bond donors (Lipinski definition) is 0. The highest BCUT2D eigenvalue weighted by Crippen LogP contribution is 2.31. The number of hydrogen-bond acceptors (Lipinski definition) is 2. The fourth-order valence-corrected chi connectivity index (χ4v) is 3.82. The molecule has 0 aliphatic carbocycles. The van der Waals surface area contributed by atoms with E-state index in [-0.39, 0.29) is 5.41 Å². The van der Waals surface area contributed by atoms with E-state index in [0.29, 0.717) is 0 Å². The van der Waals surface area contributed by atoms with E-state index >= 15 is 0 Å². The molecule has 0 fully saturated rings. The monoisotopic (exact) mass is 374 g/mol. The number of rotatable bonds is 0. The predicted molar refractivity (Wildman–Crippen MR) is 122 cm³/mol. The van der Waals surface area contributed by atoms with Gasteiger partial charge in [-0.1, -0.05) is 80.6 Å². The van der Waals surface area contributed by atoms with Crippen molar-refractivity contribution in [1.82, 2.24) is 9.97 Å². The van der Waals surface area contributed by atoms with Crippen LogP contribution in [0, 0.1) is 0 Å². The molecular weight excluding hydrogens is 352 g/mol. The summed E-state index contributed by atoms with van der Waals surface area (Å²) in [5.74, 6) is 0. The standard InChI is InChI=1S/C27H22N2/c1-27(2)17-16-24-23-12-6-4-9-20(23)18-25(29-24)22-11-5-3-8-19(22)14-15-21-10-7-13-26(27)28-21/h3-18H,1-2H3. The van der Waals surface area contributed by atoms with Crippen molar-refractivity contribution in [1.29, 1.82) is 0 Å². The molecule has 2 aromatic heterocycles. The van der Waals surface area contributed by atoms with Crippen LogP contribution >= 0.6 is 0 Å². The highest BCUT2D eigenvalue weighted by atomic mass is 14.7. The van der Waals surface area contributed by atoms with Gasteiger partial charge in [0, 0.05) is 16.4 Å². The van der Waals surface area contributed by atoms with Gasteiger partial charge >= 0.3 is 0 Å². The maximum absolute atomic E-state index is 5.06. The van der Waals surface area contributed by atoms with Crippen LogP contribution in [0.2, 0.25) is 0 Å². The van der Waals surface area contributed by atoms with Crippen LogP contribution in [0.3, 0.4) is 0 Å². The van der Waals surface area contributed by atoms with Crippen molar-refractivity contribution in [3.05, 3.63) is 102 Å². The SMILES string of the molecule is CC1(C)C=Cc2nc(cc3ccccc23)-c2ccccc2C=Cc2cccc1n2. The predicted octanol–water partition coefficient (Wildman–Crippen LogP) is 6.77. The molecule has 1 aliphatic rings. The molecule has 4 aromatic rings. The number of pyridine rings is 2. The number of aromatic nitrogens is 2. The van der Waals surface area contributed by atoms with Crippen molar-refractivity contribution in [2.24, 2.45) is 0 Å². The maximum Gasteiger partial charge on any atom is 0.0721 e. The minimum Gasteiger partial charge on any atom is -0.253 e. The van der Waals surface area contributed by atoms with Crippen molar-refractivity contribution < 1.29 is 0 Å². The Bertz CT molecular complexity index is 1280. The van der Waals surface area contributed by atoms with Gasteiger partial charge < -0.3 is 0 Å². The highest BCUT2D eigenvalue weighted by Gasteiger charge is 2.19. The summed E-state index contributed by atoms with van der Waals surface area (Å²) in [4.78, 5) is 9.96. The Balaban J connectivity index is 1.85. The van der Waals surface area contributed by atoms with Gasteiger partial charge in [-0.3, -0.25) is 4.98 Å². The van der Waals surface area contributed by atoms with Crippen LogP contribution in [0.5, 0.6) is 0 Å². The van der Waals surface area contributed by atoms with Gasteiger partial charge in [0.15, 0.2) is 0 Å². The van der Waals surface area contributed by atoms with Gasteiger partial charge in [0.2, 0.25) is 0 Å². The van der Waals surface area contributed by atoms with Gasteiger partial charge in [-0.15, -0.1) is 0 Å². The number of benzene rings is 2. The van der Waals surface area contributed by atoms with Crippen LogP contribution in [0.4, 0.5) is 0 Å². The average molecular weight is 374 g/mol. The molecule has 0 atom stereocenters. The Hall–Kier alpha value is -3.52. The second-order valence-corrected chi connectivity index (χ2v) is 8.04. The Morgan fingerprint density at radius 3 is 2.48 bits per heavy atom. The zero-order chi connectivity index (χ0) is 19.8. The summed E-state index contributed by atoms with van der Waals surface area (Å²) in [5.41, 5.74) is 6.03.